The van der Waals surface area contributed by atoms with Gasteiger partial charge in [-0.3, -0.25) is 0 Å². The van der Waals surface area contributed by atoms with Gasteiger partial charge in [-0.05, 0) is 11.6 Å². The van der Waals surface area contributed by atoms with E-state index in [4.69, 9.17) is 7.85 Å². The molecule has 0 aliphatic heterocycles. The Morgan fingerprint density at radius 1 is 1.42 bits per heavy atom. The summed E-state index contributed by atoms with van der Waals surface area (Å²) in [6.07, 6.45) is 0.598. The van der Waals surface area contributed by atoms with E-state index >= 15 is 0 Å². The van der Waals surface area contributed by atoms with E-state index in [-0.39, 0.29) is 5.56 Å². The molecule has 62 valence electrons. The first-order valence-electron chi connectivity index (χ1n) is 3.86. The summed E-state index contributed by atoms with van der Waals surface area (Å²) in [5.74, 6) is -2.08. The molecule has 0 saturated heterocycles. The van der Waals surface area contributed by atoms with Gasteiger partial charge in [-0.1, -0.05) is 31.3 Å². The van der Waals surface area contributed by atoms with Gasteiger partial charge in [-0.25, -0.2) is 8.78 Å². The lowest BCUT2D eigenvalue weighted by Crippen LogP contribution is -2.01. The van der Waals surface area contributed by atoms with Crippen LogP contribution in [-0.2, 0) is 0 Å². The standard InChI is InChI=1S/C9H9BF2/c1-2-7(10)6-4-3-5-8(11)9(6)12/h3-5,7H,2H2,1H3. The van der Waals surface area contributed by atoms with Gasteiger partial charge in [0.05, 0.1) is 7.85 Å². The van der Waals surface area contributed by atoms with Gasteiger partial charge in [0.25, 0.3) is 0 Å². The molecule has 0 aromatic heterocycles. The molecule has 3 heteroatoms. The van der Waals surface area contributed by atoms with Crippen LogP contribution in [0.15, 0.2) is 18.2 Å². The molecule has 0 amide bonds. The van der Waals surface area contributed by atoms with E-state index in [0.717, 1.165) is 6.07 Å². The molecular formula is C9H9BF2. The van der Waals surface area contributed by atoms with E-state index < -0.39 is 17.5 Å². The van der Waals surface area contributed by atoms with E-state index in [1.165, 1.54) is 12.1 Å². The Morgan fingerprint density at radius 3 is 2.67 bits per heavy atom. The summed E-state index contributed by atoms with van der Waals surface area (Å²) >= 11 is 0. The van der Waals surface area contributed by atoms with Gasteiger partial charge >= 0.3 is 0 Å². The van der Waals surface area contributed by atoms with E-state index in [9.17, 15) is 8.78 Å². The normalized spacial score (nSPS) is 12.9. The maximum atomic E-state index is 13.0. The fourth-order valence-corrected chi connectivity index (χ4v) is 1.03. The average molecular weight is 166 g/mol. The number of rotatable bonds is 2. The van der Waals surface area contributed by atoms with Gasteiger partial charge in [0.2, 0.25) is 0 Å². The van der Waals surface area contributed by atoms with Crippen molar-refractivity contribution in [3.05, 3.63) is 35.4 Å². The molecule has 0 nitrogen and oxygen atoms in total. The van der Waals surface area contributed by atoms with Crippen molar-refractivity contribution in [2.45, 2.75) is 19.2 Å². The largest absolute Gasteiger partial charge is 0.204 e. The molecule has 0 fully saturated rings. The fraction of sp³-hybridized carbons (Fsp3) is 0.333. The highest BCUT2D eigenvalue weighted by Gasteiger charge is 2.11. The predicted octanol–water partition coefficient (Wildman–Crippen LogP) is 2.58. The first-order chi connectivity index (χ1) is 5.66. The first kappa shape index (κ1) is 9.23. The van der Waals surface area contributed by atoms with Gasteiger partial charge < -0.3 is 0 Å². The van der Waals surface area contributed by atoms with Crippen LogP contribution in [-0.4, -0.2) is 7.85 Å². The Balaban J connectivity index is 3.07. The van der Waals surface area contributed by atoms with Gasteiger partial charge in [0.1, 0.15) is 0 Å². The Hall–Kier alpha value is -0.855. The summed E-state index contributed by atoms with van der Waals surface area (Å²) in [5, 5.41) is 0. The number of hydrogen-bond acceptors (Lipinski definition) is 0. The van der Waals surface area contributed by atoms with Crippen molar-refractivity contribution in [3.8, 4) is 0 Å². The average Bonchev–Trinajstić information content (AvgIpc) is 2.08. The van der Waals surface area contributed by atoms with Crippen LogP contribution in [0.2, 0.25) is 0 Å². The molecule has 0 aliphatic carbocycles. The molecule has 1 atom stereocenters. The minimum atomic E-state index is -0.837. The lowest BCUT2D eigenvalue weighted by atomic mass is 9.79. The first-order valence-corrected chi connectivity index (χ1v) is 3.86. The van der Waals surface area contributed by atoms with Crippen LogP contribution in [0, 0.1) is 11.6 Å². The van der Waals surface area contributed by atoms with Crippen molar-refractivity contribution in [1.29, 1.82) is 0 Å². The second-order valence-electron chi connectivity index (χ2n) is 2.66. The molecule has 12 heavy (non-hydrogen) atoms. The van der Waals surface area contributed by atoms with Crippen molar-refractivity contribution in [2.24, 2.45) is 0 Å². The van der Waals surface area contributed by atoms with Crippen molar-refractivity contribution >= 4 is 7.85 Å². The molecule has 2 radical (unpaired) electrons. The third kappa shape index (κ3) is 1.66. The topological polar surface area (TPSA) is 0 Å². The van der Waals surface area contributed by atoms with E-state index in [0.29, 0.717) is 6.42 Å². The fourth-order valence-electron chi connectivity index (χ4n) is 1.03. The molecule has 1 aromatic carbocycles. The highest BCUT2D eigenvalue weighted by Crippen LogP contribution is 2.20. The quantitative estimate of drug-likeness (QED) is 0.592. The van der Waals surface area contributed by atoms with Crippen molar-refractivity contribution in [1.82, 2.24) is 0 Å². The molecule has 1 aromatic rings. The summed E-state index contributed by atoms with van der Waals surface area (Å²) in [6.45, 7) is 1.83. The monoisotopic (exact) mass is 166 g/mol. The zero-order chi connectivity index (χ0) is 9.14. The van der Waals surface area contributed by atoms with Crippen molar-refractivity contribution < 1.29 is 8.78 Å². The Labute approximate surface area is 72.0 Å². The lowest BCUT2D eigenvalue weighted by Gasteiger charge is -2.09. The number of benzene rings is 1. The highest BCUT2D eigenvalue weighted by atomic mass is 19.2. The molecule has 1 rings (SSSR count). The molecular weight excluding hydrogens is 157 g/mol. The predicted molar refractivity (Wildman–Crippen MR) is 45.1 cm³/mol. The minimum absolute atomic E-state index is 0.248. The Morgan fingerprint density at radius 2 is 2.08 bits per heavy atom. The molecule has 1 unspecified atom stereocenters. The van der Waals surface area contributed by atoms with Crippen LogP contribution in [0.3, 0.4) is 0 Å². The van der Waals surface area contributed by atoms with Crippen LogP contribution in [0.5, 0.6) is 0 Å². The maximum Gasteiger partial charge on any atom is 0.161 e. The van der Waals surface area contributed by atoms with Gasteiger partial charge in [-0.15, -0.1) is 0 Å². The van der Waals surface area contributed by atoms with E-state index in [1.54, 1.807) is 0 Å². The molecule has 0 N–H and O–H groups in total. The lowest BCUT2D eigenvalue weighted by molar-refractivity contribution is 0.496. The number of halogens is 2. The molecule has 0 aliphatic rings. The summed E-state index contributed by atoms with van der Waals surface area (Å²) in [4.78, 5) is 0. The number of hydrogen-bond donors (Lipinski definition) is 0. The summed E-state index contributed by atoms with van der Waals surface area (Å²) < 4.78 is 25.6. The van der Waals surface area contributed by atoms with E-state index in [2.05, 4.69) is 0 Å². The van der Waals surface area contributed by atoms with Crippen molar-refractivity contribution in [2.75, 3.05) is 0 Å². The summed E-state index contributed by atoms with van der Waals surface area (Å²) in [7, 11) is 5.56. The van der Waals surface area contributed by atoms with Gasteiger partial charge in [-0.2, -0.15) is 0 Å². The zero-order valence-electron chi connectivity index (χ0n) is 6.85. The third-order valence-corrected chi connectivity index (χ3v) is 1.82. The minimum Gasteiger partial charge on any atom is -0.204 e. The zero-order valence-corrected chi connectivity index (χ0v) is 6.85. The second-order valence-corrected chi connectivity index (χ2v) is 2.66. The SMILES string of the molecule is [B]C(CC)c1cccc(F)c1F. The smallest absolute Gasteiger partial charge is 0.161 e. The summed E-state index contributed by atoms with van der Waals surface area (Å²) in [6, 6.07) is 4.05. The summed E-state index contributed by atoms with van der Waals surface area (Å²) in [5.41, 5.74) is 0.248. The molecule has 0 bridgehead atoms. The Bertz CT molecular complexity index is 273. The maximum absolute atomic E-state index is 13.0. The Kier molecular flexibility index (Phi) is 2.85. The van der Waals surface area contributed by atoms with Crippen molar-refractivity contribution in [3.63, 3.8) is 0 Å². The van der Waals surface area contributed by atoms with Crippen LogP contribution >= 0.6 is 0 Å². The van der Waals surface area contributed by atoms with Crippen LogP contribution in [0.1, 0.15) is 24.7 Å². The molecule has 0 spiro atoms. The van der Waals surface area contributed by atoms with Gasteiger partial charge in [0, 0.05) is 0 Å². The highest BCUT2D eigenvalue weighted by molar-refractivity contribution is 6.12. The molecule has 0 heterocycles. The van der Waals surface area contributed by atoms with Crippen LogP contribution in [0.25, 0.3) is 0 Å². The van der Waals surface area contributed by atoms with E-state index in [1.807, 2.05) is 6.92 Å². The second kappa shape index (κ2) is 3.70. The molecule has 0 saturated carbocycles. The van der Waals surface area contributed by atoms with Gasteiger partial charge in [0.15, 0.2) is 11.6 Å². The third-order valence-electron chi connectivity index (χ3n) is 1.82. The van der Waals surface area contributed by atoms with Crippen LogP contribution in [0.4, 0.5) is 8.78 Å². The van der Waals surface area contributed by atoms with Crippen LogP contribution < -0.4 is 0 Å².